The van der Waals surface area contributed by atoms with Crippen LogP contribution in [0.4, 0.5) is 0 Å². The lowest BCUT2D eigenvalue weighted by Gasteiger charge is -2.15. The summed E-state index contributed by atoms with van der Waals surface area (Å²) in [6.07, 6.45) is 25.1. The molecule has 164 valence electrons. The number of rotatable bonds is 19. The number of amides is 2. The maximum atomic E-state index is 11.7. The second-order valence-electron chi connectivity index (χ2n) is 9.15. The molecule has 1 rings (SSSR count). The average Bonchev–Trinajstić information content (AvgIpc) is 3.02. The molecule has 0 spiro atoms. The molecule has 1 N–H and O–H groups in total. The van der Waals surface area contributed by atoms with E-state index >= 15 is 0 Å². The Morgan fingerprint density at radius 1 is 0.714 bits per heavy atom. The molecule has 2 amide bonds. The Labute approximate surface area is 174 Å². The molecular formula is C25H47NO2. The van der Waals surface area contributed by atoms with Crippen molar-refractivity contribution < 1.29 is 9.59 Å². The van der Waals surface area contributed by atoms with Crippen molar-refractivity contribution in [3.8, 4) is 0 Å². The molecule has 0 saturated carbocycles. The van der Waals surface area contributed by atoms with E-state index in [2.05, 4.69) is 19.2 Å². The summed E-state index contributed by atoms with van der Waals surface area (Å²) >= 11 is 0. The molecule has 2 unspecified atom stereocenters. The van der Waals surface area contributed by atoms with E-state index in [1.54, 1.807) is 0 Å². The Morgan fingerprint density at radius 3 is 1.46 bits per heavy atom. The van der Waals surface area contributed by atoms with Gasteiger partial charge >= 0.3 is 0 Å². The largest absolute Gasteiger partial charge is 0.296 e. The summed E-state index contributed by atoms with van der Waals surface area (Å²) in [5, 5.41) is 2.43. The van der Waals surface area contributed by atoms with Crippen LogP contribution >= 0.6 is 0 Å². The van der Waals surface area contributed by atoms with Crippen LogP contribution in [0.25, 0.3) is 0 Å². The highest BCUT2D eigenvalue weighted by Gasteiger charge is 2.34. The number of imide groups is 1. The second-order valence-corrected chi connectivity index (χ2v) is 9.15. The highest BCUT2D eigenvalue weighted by molar-refractivity contribution is 6.03. The number of nitrogens with one attached hydrogen (secondary N) is 1. The van der Waals surface area contributed by atoms with Gasteiger partial charge in [-0.15, -0.1) is 0 Å². The van der Waals surface area contributed by atoms with Crippen LogP contribution in [0, 0.1) is 11.8 Å². The third kappa shape index (κ3) is 12.6. The number of unbranched alkanes of at least 4 members (excludes halogenated alkanes) is 16. The normalized spacial score (nSPS) is 17.9. The highest BCUT2D eigenvalue weighted by atomic mass is 16.2. The molecule has 2 atom stereocenters. The first kappa shape index (κ1) is 25.2. The molecule has 1 heterocycles. The van der Waals surface area contributed by atoms with Gasteiger partial charge in [0.1, 0.15) is 0 Å². The molecule has 3 nitrogen and oxygen atoms in total. The Balaban J connectivity index is 1.76. The van der Waals surface area contributed by atoms with Crippen LogP contribution in [-0.2, 0) is 9.59 Å². The minimum Gasteiger partial charge on any atom is -0.296 e. The molecule has 0 aromatic heterocycles. The Bertz CT molecular complexity index is 407. The summed E-state index contributed by atoms with van der Waals surface area (Å²) in [6.45, 7) is 4.40. The minimum atomic E-state index is -0.0933. The molecule has 1 aliphatic heterocycles. The van der Waals surface area contributed by atoms with Gasteiger partial charge in [0.2, 0.25) is 11.8 Å². The average molecular weight is 394 g/mol. The summed E-state index contributed by atoms with van der Waals surface area (Å²) in [7, 11) is 0. The summed E-state index contributed by atoms with van der Waals surface area (Å²) in [4.78, 5) is 22.9. The molecular weight excluding hydrogens is 346 g/mol. The molecule has 0 bridgehead atoms. The van der Waals surface area contributed by atoms with Gasteiger partial charge in [-0.05, 0) is 12.3 Å². The van der Waals surface area contributed by atoms with E-state index in [0.29, 0.717) is 12.3 Å². The zero-order chi connectivity index (χ0) is 20.5. The van der Waals surface area contributed by atoms with Crippen molar-refractivity contribution in [2.45, 2.75) is 136 Å². The fourth-order valence-corrected chi connectivity index (χ4v) is 4.43. The fourth-order valence-electron chi connectivity index (χ4n) is 4.43. The van der Waals surface area contributed by atoms with Crippen molar-refractivity contribution in [2.24, 2.45) is 11.8 Å². The van der Waals surface area contributed by atoms with Gasteiger partial charge in [0.25, 0.3) is 0 Å². The van der Waals surface area contributed by atoms with Gasteiger partial charge in [-0.1, -0.05) is 123 Å². The maximum Gasteiger partial charge on any atom is 0.230 e. The topological polar surface area (TPSA) is 46.2 Å². The van der Waals surface area contributed by atoms with Crippen molar-refractivity contribution in [2.75, 3.05) is 0 Å². The van der Waals surface area contributed by atoms with Gasteiger partial charge in [0, 0.05) is 12.3 Å². The quantitative estimate of drug-likeness (QED) is 0.184. The molecule has 0 aromatic carbocycles. The van der Waals surface area contributed by atoms with E-state index in [1.165, 1.54) is 109 Å². The van der Waals surface area contributed by atoms with E-state index in [9.17, 15) is 9.59 Å². The summed E-state index contributed by atoms with van der Waals surface area (Å²) < 4.78 is 0. The smallest absolute Gasteiger partial charge is 0.230 e. The lowest BCUT2D eigenvalue weighted by atomic mass is 9.88. The van der Waals surface area contributed by atoms with Crippen molar-refractivity contribution in [3.05, 3.63) is 0 Å². The minimum absolute atomic E-state index is 0.0514. The van der Waals surface area contributed by atoms with E-state index in [0.717, 1.165) is 6.42 Å². The van der Waals surface area contributed by atoms with Crippen LogP contribution in [0.15, 0.2) is 0 Å². The van der Waals surface area contributed by atoms with Crippen molar-refractivity contribution in [1.82, 2.24) is 5.32 Å². The Hall–Kier alpha value is -0.860. The van der Waals surface area contributed by atoms with Crippen molar-refractivity contribution in [1.29, 1.82) is 0 Å². The molecule has 0 aromatic rings. The van der Waals surface area contributed by atoms with E-state index in [4.69, 9.17) is 0 Å². The van der Waals surface area contributed by atoms with Gasteiger partial charge in [-0.3, -0.25) is 14.9 Å². The third-order valence-electron chi connectivity index (χ3n) is 6.45. The van der Waals surface area contributed by atoms with E-state index in [-0.39, 0.29) is 17.7 Å². The van der Waals surface area contributed by atoms with Crippen LogP contribution in [0.5, 0.6) is 0 Å². The van der Waals surface area contributed by atoms with Crippen molar-refractivity contribution in [3.63, 3.8) is 0 Å². The zero-order valence-corrected chi connectivity index (χ0v) is 18.9. The first-order valence-corrected chi connectivity index (χ1v) is 12.5. The fraction of sp³-hybridized carbons (Fsp3) is 0.920. The zero-order valence-electron chi connectivity index (χ0n) is 18.9. The van der Waals surface area contributed by atoms with E-state index in [1.807, 2.05) is 0 Å². The molecule has 1 aliphatic rings. The van der Waals surface area contributed by atoms with Gasteiger partial charge in [-0.25, -0.2) is 0 Å². The third-order valence-corrected chi connectivity index (χ3v) is 6.45. The van der Waals surface area contributed by atoms with Gasteiger partial charge in [0.15, 0.2) is 0 Å². The SMILES string of the molecule is CCCCCCCCCCCCCCCCCCCC(C)C1CC(=O)NC1=O. The predicted octanol–water partition coefficient (Wildman–Crippen LogP) is 7.33. The van der Waals surface area contributed by atoms with Gasteiger partial charge < -0.3 is 0 Å². The standard InChI is InChI=1S/C25H47NO2/c1-3-4-5-6-7-8-9-10-11-12-13-14-15-16-17-18-19-20-22(2)23-21-24(27)26-25(23)28/h22-23H,3-21H2,1-2H3,(H,26,27,28). The predicted molar refractivity (Wildman–Crippen MR) is 119 cm³/mol. The van der Waals surface area contributed by atoms with Crippen LogP contribution in [0.3, 0.4) is 0 Å². The number of carbonyl (C=O) groups excluding carboxylic acids is 2. The highest BCUT2D eigenvalue weighted by Crippen LogP contribution is 2.25. The van der Waals surface area contributed by atoms with E-state index < -0.39 is 0 Å². The monoisotopic (exact) mass is 393 g/mol. The Morgan fingerprint density at radius 2 is 1.11 bits per heavy atom. The molecule has 1 fully saturated rings. The van der Waals surface area contributed by atoms with Gasteiger partial charge in [0.05, 0.1) is 0 Å². The second kappa shape index (κ2) is 17.0. The molecule has 0 radical (unpaired) electrons. The van der Waals surface area contributed by atoms with Crippen LogP contribution < -0.4 is 5.32 Å². The number of carbonyl (C=O) groups is 2. The lowest BCUT2D eigenvalue weighted by Crippen LogP contribution is -2.25. The summed E-state index contributed by atoms with van der Waals surface area (Å²) in [5.41, 5.74) is 0. The molecule has 28 heavy (non-hydrogen) atoms. The van der Waals surface area contributed by atoms with Crippen LogP contribution in [0.1, 0.15) is 136 Å². The first-order chi connectivity index (χ1) is 13.6. The van der Waals surface area contributed by atoms with Crippen LogP contribution in [-0.4, -0.2) is 11.8 Å². The van der Waals surface area contributed by atoms with Crippen LogP contribution in [0.2, 0.25) is 0 Å². The van der Waals surface area contributed by atoms with Gasteiger partial charge in [-0.2, -0.15) is 0 Å². The maximum absolute atomic E-state index is 11.7. The molecule has 1 saturated heterocycles. The summed E-state index contributed by atoms with van der Waals surface area (Å²) in [5.74, 6) is 0.116. The number of hydrogen-bond donors (Lipinski definition) is 1. The first-order valence-electron chi connectivity index (χ1n) is 12.5. The summed E-state index contributed by atoms with van der Waals surface area (Å²) in [6, 6.07) is 0. The molecule has 0 aliphatic carbocycles. The van der Waals surface area contributed by atoms with Crippen molar-refractivity contribution >= 4 is 11.8 Å². The Kier molecular flexibility index (Phi) is 15.3. The number of hydrogen-bond acceptors (Lipinski definition) is 2. The lowest BCUT2D eigenvalue weighted by molar-refractivity contribution is -0.126. The molecule has 3 heteroatoms.